The smallest absolute Gasteiger partial charge is 0.225 e. The minimum Gasteiger partial charge on any atom is -0.343 e. The van der Waals surface area contributed by atoms with Crippen molar-refractivity contribution in [3.05, 3.63) is 61.4 Å². The van der Waals surface area contributed by atoms with Gasteiger partial charge in [0.15, 0.2) is 5.82 Å². The predicted molar refractivity (Wildman–Crippen MR) is 140 cm³/mol. The number of benzene rings is 1. The second-order valence-corrected chi connectivity index (χ2v) is 10.0. The molecule has 0 saturated heterocycles. The molecule has 8 heteroatoms. The number of carbonyl (C=O) groups excluding carboxylic acids is 1. The van der Waals surface area contributed by atoms with Crippen molar-refractivity contribution in [1.82, 2.24) is 34.4 Å². The zero-order valence-electron chi connectivity index (χ0n) is 21.4. The van der Waals surface area contributed by atoms with Gasteiger partial charge in [-0.2, -0.15) is 10.2 Å². The highest BCUT2D eigenvalue weighted by molar-refractivity contribution is 5.79. The van der Waals surface area contributed by atoms with E-state index in [0.29, 0.717) is 11.9 Å². The molecule has 0 aliphatic heterocycles. The fraction of sp³-hybridized carbons (Fsp3) is 0.393. The largest absolute Gasteiger partial charge is 0.343 e. The molecule has 1 aromatic carbocycles. The van der Waals surface area contributed by atoms with Crippen LogP contribution in [0.15, 0.2) is 61.4 Å². The number of amides is 1. The molecule has 1 saturated carbocycles. The number of rotatable bonds is 6. The molecule has 3 heterocycles. The lowest BCUT2D eigenvalue weighted by atomic mass is 9.85. The highest BCUT2D eigenvalue weighted by Gasteiger charge is 2.30. The molecule has 0 unspecified atom stereocenters. The minimum atomic E-state index is 0.126. The number of aryl methyl sites for hydroxylation is 1. The van der Waals surface area contributed by atoms with Gasteiger partial charge in [0.1, 0.15) is 0 Å². The maximum absolute atomic E-state index is 12.7. The van der Waals surface area contributed by atoms with Crippen LogP contribution in [0, 0.1) is 5.92 Å². The predicted octanol–water partition coefficient (Wildman–Crippen LogP) is 5.01. The van der Waals surface area contributed by atoms with Gasteiger partial charge in [0.2, 0.25) is 5.91 Å². The van der Waals surface area contributed by atoms with E-state index in [1.165, 1.54) is 0 Å². The van der Waals surface area contributed by atoms with Gasteiger partial charge in [-0.1, -0.05) is 18.2 Å². The standard InChI is InChI=1S/C28H33N7O/c1-19(2)34(4)28(36)20-8-10-26(11-9-20)35-18-25(16-32-35)23-13-29-27(30-14-23)22-7-5-6-21(12-22)24-15-31-33(3)17-24/h5-7,12-20,26H,8-11H2,1-4H3. The van der Waals surface area contributed by atoms with Crippen LogP contribution in [0.2, 0.25) is 0 Å². The summed E-state index contributed by atoms with van der Waals surface area (Å²) in [5.41, 5.74) is 5.06. The van der Waals surface area contributed by atoms with Gasteiger partial charge in [-0.05, 0) is 51.2 Å². The maximum atomic E-state index is 12.7. The number of nitrogens with zero attached hydrogens (tertiary/aromatic N) is 7. The molecule has 8 nitrogen and oxygen atoms in total. The summed E-state index contributed by atoms with van der Waals surface area (Å²) in [6.07, 6.45) is 15.3. The molecule has 0 radical (unpaired) electrons. The number of hydrogen-bond acceptors (Lipinski definition) is 5. The lowest BCUT2D eigenvalue weighted by molar-refractivity contribution is -0.137. The van der Waals surface area contributed by atoms with Crippen molar-refractivity contribution in [2.45, 2.75) is 51.6 Å². The van der Waals surface area contributed by atoms with Gasteiger partial charge >= 0.3 is 0 Å². The van der Waals surface area contributed by atoms with Gasteiger partial charge < -0.3 is 4.90 Å². The Labute approximate surface area is 212 Å². The van der Waals surface area contributed by atoms with Gasteiger partial charge in [-0.25, -0.2) is 9.97 Å². The second kappa shape index (κ2) is 10.0. The molecule has 1 amide bonds. The summed E-state index contributed by atoms with van der Waals surface area (Å²) in [5, 5.41) is 8.90. The fourth-order valence-electron chi connectivity index (χ4n) is 4.85. The van der Waals surface area contributed by atoms with Gasteiger partial charge in [-0.15, -0.1) is 0 Å². The lowest BCUT2D eigenvalue weighted by Gasteiger charge is -2.32. The van der Waals surface area contributed by atoms with Crippen molar-refractivity contribution >= 4 is 5.91 Å². The molecule has 0 bridgehead atoms. The average Bonchev–Trinajstić information content (AvgIpc) is 3.58. The van der Waals surface area contributed by atoms with Crippen LogP contribution in [0.4, 0.5) is 0 Å². The molecular formula is C28H33N7O. The van der Waals surface area contributed by atoms with Crippen LogP contribution in [-0.2, 0) is 11.8 Å². The Morgan fingerprint density at radius 1 is 0.889 bits per heavy atom. The summed E-state index contributed by atoms with van der Waals surface area (Å²) >= 11 is 0. The van der Waals surface area contributed by atoms with E-state index in [9.17, 15) is 4.79 Å². The van der Waals surface area contributed by atoms with Crippen molar-refractivity contribution in [1.29, 1.82) is 0 Å². The topological polar surface area (TPSA) is 81.7 Å². The van der Waals surface area contributed by atoms with Crippen molar-refractivity contribution in [2.24, 2.45) is 13.0 Å². The molecule has 0 N–H and O–H groups in total. The van der Waals surface area contributed by atoms with Crippen molar-refractivity contribution in [3.63, 3.8) is 0 Å². The number of carbonyl (C=O) groups is 1. The van der Waals surface area contributed by atoms with E-state index in [1.807, 2.05) is 66.8 Å². The highest BCUT2D eigenvalue weighted by atomic mass is 16.2. The first kappa shape index (κ1) is 23.9. The summed E-state index contributed by atoms with van der Waals surface area (Å²) in [5.74, 6) is 1.08. The lowest BCUT2D eigenvalue weighted by Crippen LogP contribution is -2.39. The Kier molecular flexibility index (Phi) is 6.67. The Morgan fingerprint density at radius 3 is 2.22 bits per heavy atom. The third-order valence-electron chi connectivity index (χ3n) is 7.29. The molecule has 3 aromatic heterocycles. The van der Waals surface area contributed by atoms with E-state index in [4.69, 9.17) is 0 Å². The van der Waals surface area contributed by atoms with E-state index in [0.717, 1.165) is 53.5 Å². The van der Waals surface area contributed by atoms with Crippen molar-refractivity contribution in [2.75, 3.05) is 7.05 Å². The molecule has 4 aromatic rings. The Balaban J connectivity index is 1.25. The molecule has 1 fully saturated rings. The summed E-state index contributed by atoms with van der Waals surface area (Å²) in [7, 11) is 3.82. The quantitative estimate of drug-likeness (QED) is 0.385. The Morgan fingerprint density at radius 2 is 1.56 bits per heavy atom. The van der Waals surface area contributed by atoms with E-state index >= 15 is 0 Å². The van der Waals surface area contributed by atoms with Crippen molar-refractivity contribution in [3.8, 4) is 33.6 Å². The van der Waals surface area contributed by atoms with Crippen LogP contribution in [0.5, 0.6) is 0 Å². The van der Waals surface area contributed by atoms with E-state index in [1.54, 1.807) is 4.68 Å². The molecular weight excluding hydrogens is 450 g/mol. The summed E-state index contributed by atoms with van der Waals surface area (Å²) in [4.78, 5) is 23.8. The zero-order chi connectivity index (χ0) is 25.2. The third-order valence-corrected chi connectivity index (χ3v) is 7.29. The first-order chi connectivity index (χ1) is 17.4. The normalized spacial score (nSPS) is 17.9. The van der Waals surface area contributed by atoms with Crippen molar-refractivity contribution < 1.29 is 4.79 Å². The van der Waals surface area contributed by atoms with Crippen LogP contribution in [-0.4, -0.2) is 53.4 Å². The van der Waals surface area contributed by atoms with Gasteiger partial charge in [0.25, 0.3) is 0 Å². The molecule has 0 atom stereocenters. The fourth-order valence-corrected chi connectivity index (χ4v) is 4.85. The van der Waals surface area contributed by atoms with E-state index < -0.39 is 0 Å². The van der Waals surface area contributed by atoms with Crippen LogP contribution in [0.25, 0.3) is 33.6 Å². The number of aromatic nitrogens is 6. The van der Waals surface area contributed by atoms with Gasteiger partial charge in [-0.3, -0.25) is 14.2 Å². The molecule has 0 spiro atoms. The van der Waals surface area contributed by atoms with Crippen LogP contribution < -0.4 is 0 Å². The average molecular weight is 484 g/mol. The second-order valence-electron chi connectivity index (χ2n) is 10.0. The Bertz CT molecular complexity index is 1330. The van der Waals surface area contributed by atoms with Crippen LogP contribution >= 0.6 is 0 Å². The monoisotopic (exact) mass is 483 g/mol. The minimum absolute atomic E-state index is 0.126. The molecule has 186 valence electrons. The summed E-state index contributed by atoms with van der Waals surface area (Å²) in [6, 6.07) is 8.75. The van der Waals surface area contributed by atoms with Gasteiger partial charge in [0.05, 0.1) is 18.4 Å². The van der Waals surface area contributed by atoms with E-state index in [-0.39, 0.29) is 17.9 Å². The molecule has 1 aliphatic rings. The third kappa shape index (κ3) is 4.94. The maximum Gasteiger partial charge on any atom is 0.225 e. The summed E-state index contributed by atoms with van der Waals surface area (Å²) in [6.45, 7) is 4.12. The first-order valence-corrected chi connectivity index (χ1v) is 12.6. The Hall–Kier alpha value is -3.81. The highest BCUT2D eigenvalue weighted by Crippen LogP contribution is 2.34. The zero-order valence-corrected chi connectivity index (χ0v) is 21.4. The number of hydrogen-bond donors (Lipinski definition) is 0. The van der Waals surface area contributed by atoms with Crippen LogP contribution in [0.1, 0.15) is 45.6 Å². The van der Waals surface area contributed by atoms with Gasteiger partial charge in [0, 0.05) is 73.1 Å². The van der Waals surface area contributed by atoms with E-state index in [2.05, 4.69) is 52.3 Å². The summed E-state index contributed by atoms with van der Waals surface area (Å²) < 4.78 is 3.84. The van der Waals surface area contributed by atoms with Crippen LogP contribution in [0.3, 0.4) is 0 Å². The molecule has 5 rings (SSSR count). The first-order valence-electron chi connectivity index (χ1n) is 12.6. The molecule has 36 heavy (non-hydrogen) atoms. The SMILES string of the molecule is CC(C)N(C)C(=O)C1CCC(n2cc(-c3cnc(-c4cccc(-c5cnn(C)c5)c4)nc3)cn2)CC1. The molecule has 1 aliphatic carbocycles.